The Kier molecular flexibility index (Phi) is 2.71. The molecule has 0 atom stereocenters. The first-order chi connectivity index (χ1) is 7.20. The quantitative estimate of drug-likeness (QED) is 0.708. The molecule has 0 spiro atoms. The molecule has 0 bridgehead atoms. The number of ketones is 1. The highest BCUT2D eigenvalue weighted by molar-refractivity contribution is 5.98. The molecule has 1 aliphatic rings. The first-order valence-corrected chi connectivity index (χ1v) is 5.39. The van der Waals surface area contributed by atoms with Crippen LogP contribution in [0, 0.1) is 0 Å². The third kappa shape index (κ3) is 1.87. The van der Waals surface area contributed by atoms with E-state index < -0.39 is 0 Å². The van der Waals surface area contributed by atoms with Gasteiger partial charge in [0.2, 0.25) is 0 Å². The van der Waals surface area contributed by atoms with E-state index in [0.717, 1.165) is 11.4 Å². The summed E-state index contributed by atoms with van der Waals surface area (Å²) in [5.41, 5.74) is 0.729. The van der Waals surface area contributed by atoms with E-state index in [1.54, 1.807) is 13.1 Å². The van der Waals surface area contributed by atoms with Gasteiger partial charge in [0.1, 0.15) is 5.82 Å². The smallest absolute Gasteiger partial charge is 0.163 e. The molecule has 1 heterocycles. The number of aromatic nitrogens is 1. The normalized spacial score (nSPS) is 15.9. The lowest BCUT2D eigenvalue weighted by Crippen LogP contribution is -2.38. The fourth-order valence-electron chi connectivity index (χ4n) is 1.90. The number of anilines is 1. The largest absolute Gasteiger partial charge is 0.356 e. The molecule has 1 fully saturated rings. The van der Waals surface area contributed by atoms with E-state index in [0.29, 0.717) is 6.04 Å². The predicted molar refractivity (Wildman–Crippen MR) is 60.3 cm³/mol. The third-order valence-electron chi connectivity index (χ3n) is 3.12. The molecule has 80 valence electrons. The molecule has 1 aromatic heterocycles. The minimum absolute atomic E-state index is 0.0873. The molecule has 0 aliphatic heterocycles. The lowest BCUT2D eigenvalue weighted by molar-refractivity contribution is 0.101. The molecular formula is C12H16N2O. The topological polar surface area (TPSA) is 33.2 Å². The van der Waals surface area contributed by atoms with Crippen LogP contribution in [0.5, 0.6) is 0 Å². The van der Waals surface area contributed by atoms with Gasteiger partial charge in [-0.05, 0) is 38.3 Å². The van der Waals surface area contributed by atoms with Gasteiger partial charge in [-0.25, -0.2) is 4.98 Å². The van der Waals surface area contributed by atoms with Crippen molar-refractivity contribution in [2.75, 3.05) is 11.9 Å². The molecule has 1 saturated carbocycles. The molecule has 0 amide bonds. The maximum atomic E-state index is 11.4. The van der Waals surface area contributed by atoms with Crippen LogP contribution >= 0.6 is 0 Å². The summed E-state index contributed by atoms with van der Waals surface area (Å²) in [5, 5.41) is 0. The van der Waals surface area contributed by atoms with Crippen LogP contribution in [-0.4, -0.2) is 23.9 Å². The van der Waals surface area contributed by atoms with Crippen molar-refractivity contribution in [3.63, 3.8) is 0 Å². The molecule has 3 nitrogen and oxygen atoms in total. The molecule has 1 aliphatic carbocycles. The van der Waals surface area contributed by atoms with Gasteiger partial charge in [-0.2, -0.15) is 0 Å². The van der Waals surface area contributed by atoms with Crippen LogP contribution in [0.3, 0.4) is 0 Å². The van der Waals surface area contributed by atoms with Crippen molar-refractivity contribution in [3.8, 4) is 0 Å². The molecule has 3 heteroatoms. The summed E-state index contributed by atoms with van der Waals surface area (Å²) in [4.78, 5) is 17.9. The Bertz CT molecular complexity index is 372. The van der Waals surface area contributed by atoms with Gasteiger partial charge in [-0.15, -0.1) is 0 Å². The van der Waals surface area contributed by atoms with E-state index in [-0.39, 0.29) is 5.78 Å². The maximum Gasteiger partial charge on any atom is 0.163 e. The SMILES string of the molecule is CC(=O)c1cccnc1N(C)C1CCC1. The van der Waals surface area contributed by atoms with E-state index in [9.17, 15) is 4.79 Å². The van der Waals surface area contributed by atoms with E-state index in [4.69, 9.17) is 0 Å². The van der Waals surface area contributed by atoms with Crippen molar-refractivity contribution >= 4 is 11.6 Å². The van der Waals surface area contributed by atoms with Crippen LogP contribution < -0.4 is 4.90 Å². The third-order valence-corrected chi connectivity index (χ3v) is 3.12. The van der Waals surface area contributed by atoms with Crippen molar-refractivity contribution in [2.45, 2.75) is 32.2 Å². The Morgan fingerprint density at radius 1 is 1.53 bits per heavy atom. The van der Waals surface area contributed by atoms with Crippen LogP contribution in [0.15, 0.2) is 18.3 Å². The van der Waals surface area contributed by atoms with Crippen LogP contribution in [0.25, 0.3) is 0 Å². The number of hydrogen-bond acceptors (Lipinski definition) is 3. The molecule has 0 N–H and O–H groups in total. The average Bonchev–Trinajstić information content (AvgIpc) is 2.15. The summed E-state index contributed by atoms with van der Waals surface area (Å²) >= 11 is 0. The average molecular weight is 204 g/mol. The second-order valence-electron chi connectivity index (χ2n) is 4.13. The minimum atomic E-state index is 0.0873. The fourth-order valence-corrected chi connectivity index (χ4v) is 1.90. The van der Waals surface area contributed by atoms with Gasteiger partial charge in [0.25, 0.3) is 0 Å². The van der Waals surface area contributed by atoms with Gasteiger partial charge in [0, 0.05) is 19.3 Å². The number of carbonyl (C=O) groups excluding carboxylic acids is 1. The summed E-state index contributed by atoms with van der Waals surface area (Å²) in [6, 6.07) is 4.23. The summed E-state index contributed by atoms with van der Waals surface area (Å²) in [7, 11) is 2.03. The fraction of sp³-hybridized carbons (Fsp3) is 0.500. The maximum absolute atomic E-state index is 11.4. The van der Waals surface area contributed by atoms with Gasteiger partial charge >= 0.3 is 0 Å². The molecule has 0 saturated heterocycles. The summed E-state index contributed by atoms with van der Waals surface area (Å²) in [6.07, 6.45) is 5.46. The molecule has 0 aromatic carbocycles. The first kappa shape index (κ1) is 10.1. The van der Waals surface area contributed by atoms with Gasteiger partial charge < -0.3 is 4.90 Å². The Labute approximate surface area is 90.1 Å². The Hall–Kier alpha value is -1.38. The van der Waals surface area contributed by atoms with Crippen molar-refractivity contribution in [3.05, 3.63) is 23.9 Å². The predicted octanol–water partition coefficient (Wildman–Crippen LogP) is 2.27. The highest BCUT2D eigenvalue weighted by atomic mass is 16.1. The highest BCUT2D eigenvalue weighted by Crippen LogP contribution is 2.28. The number of nitrogens with zero attached hydrogens (tertiary/aromatic N) is 2. The van der Waals surface area contributed by atoms with Gasteiger partial charge in [0.15, 0.2) is 5.78 Å². The van der Waals surface area contributed by atoms with Crippen molar-refractivity contribution < 1.29 is 4.79 Å². The molecule has 0 unspecified atom stereocenters. The lowest BCUT2D eigenvalue weighted by Gasteiger charge is -2.36. The monoisotopic (exact) mass is 204 g/mol. The zero-order chi connectivity index (χ0) is 10.8. The van der Waals surface area contributed by atoms with Crippen molar-refractivity contribution in [1.82, 2.24) is 4.98 Å². The second-order valence-corrected chi connectivity index (χ2v) is 4.13. The van der Waals surface area contributed by atoms with Crippen molar-refractivity contribution in [2.24, 2.45) is 0 Å². The zero-order valence-corrected chi connectivity index (χ0v) is 9.23. The Balaban J connectivity index is 2.29. The van der Waals surface area contributed by atoms with E-state index in [2.05, 4.69) is 9.88 Å². The Morgan fingerprint density at radius 3 is 2.80 bits per heavy atom. The van der Waals surface area contributed by atoms with Crippen LogP contribution in [0.1, 0.15) is 36.5 Å². The number of carbonyl (C=O) groups is 1. The molecule has 2 rings (SSSR count). The number of Topliss-reactive ketones (excluding diaryl/α,β-unsaturated/α-hetero) is 1. The van der Waals surface area contributed by atoms with Crippen molar-refractivity contribution in [1.29, 1.82) is 0 Å². The van der Waals surface area contributed by atoms with E-state index in [1.165, 1.54) is 19.3 Å². The molecule has 1 aromatic rings. The summed E-state index contributed by atoms with van der Waals surface area (Å²) in [6.45, 7) is 1.59. The summed E-state index contributed by atoms with van der Waals surface area (Å²) < 4.78 is 0. The van der Waals surface area contributed by atoms with E-state index >= 15 is 0 Å². The lowest BCUT2D eigenvalue weighted by atomic mass is 9.91. The second kappa shape index (κ2) is 4.01. The standard InChI is InChI=1S/C12H16N2O/c1-9(15)11-7-4-8-13-12(11)14(2)10-5-3-6-10/h4,7-8,10H,3,5-6H2,1-2H3. The van der Waals surface area contributed by atoms with Gasteiger partial charge in [-0.3, -0.25) is 4.79 Å². The Morgan fingerprint density at radius 2 is 2.27 bits per heavy atom. The van der Waals surface area contributed by atoms with Gasteiger partial charge in [-0.1, -0.05) is 0 Å². The molecule has 15 heavy (non-hydrogen) atoms. The van der Waals surface area contributed by atoms with Crippen LogP contribution in [-0.2, 0) is 0 Å². The number of hydrogen-bond donors (Lipinski definition) is 0. The van der Waals surface area contributed by atoms with Crippen LogP contribution in [0.4, 0.5) is 5.82 Å². The highest BCUT2D eigenvalue weighted by Gasteiger charge is 2.25. The number of pyridine rings is 1. The zero-order valence-electron chi connectivity index (χ0n) is 9.23. The molecular weight excluding hydrogens is 188 g/mol. The minimum Gasteiger partial charge on any atom is -0.356 e. The van der Waals surface area contributed by atoms with E-state index in [1.807, 2.05) is 19.2 Å². The number of rotatable bonds is 3. The summed E-state index contributed by atoms with van der Waals surface area (Å²) in [5.74, 6) is 0.916. The van der Waals surface area contributed by atoms with Crippen LogP contribution in [0.2, 0.25) is 0 Å². The molecule has 0 radical (unpaired) electrons. The first-order valence-electron chi connectivity index (χ1n) is 5.39. The van der Waals surface area contributed by atoms with Gasteiger partial charge in [0.05, 0.1) is 5.56 Å².